The number of carbonyl (C=O) groups excluding carboxylic acids is 1. The third-order valence-corrected chi connectivity index (χ3v) is 3.36. The fraction of sp³-hybridized carbons (Fsp3) is 0.300. The molecular weight excluding hydrogens is 220 g/mol. The second kappa shape index (κ2) is 3.41. The van der Waals surface area contributed by atoms with Gasteiger partial charge in [0.1, 0.15) is 5.60 Å². The average Bonchev–Trinajstić information content (AvgIpc) is 2.52. The summed E-state index contributed by atoms with van der Waals surface area (Å²) < 4.78 is 6.20. The minimum Gasteiger partial charge on any atom is -0.490 e. The largest absolute Gasteiger partial charge is 0.490 e. The van der Waals surface area contributed by atoms with E-state index in [4.69, 9.17) is 16.3 Å². The molecule has 1 aliphatic heterocycles. The summed E-state index contributed by atoms with van der Waals surface area (Å²) in [7, 11) is 0. The Morgan fingerprint density at radius 3 is 3.00 bits per heavy atom. The zero-order valence-corrected chi connectivity index (χ0v) is 9.19. The van der Waals surface area contributed by atoms with Gasteiger partial charge in [0.05, 0.1) is 17.0 Å². The highest BCUT2D eigenvalue weighted by molar-refractivity contribution is 7.14. The molecule has 0 saturated heterocycles. The third kappa shape index (κ3) is 1.70. The second-order valence-corrected chi connectivity index (χ2v) is 4.98. The Kier molecular flexibility index (Phi) is 2.37. The van der Waals surface area contributed by atoms with Gasteiger partial charge in [0.15, 0.2) is 5.78 Å². The molecule has 4 heteroatoms. The number of thiophene rings is 1. The standard InChI is InChI=1S/C10H9ClO2S/c1-10(5-8(12)2-3-13-10)7-4-9(11)14-6-7/h2-4,6H,5H2,1H3. The van der Waals surface area contributed by atoms with E-state index in [9.17, 15) is 4.79 Å². The second-order valence-electron chi connectivity index (χ2n) is 3.43. The Balaban J connectivity index is 2.33. The van der Waals surface area contributed by atoms with Crippen LogP contribution in [-0.2, 0) is 15.1 Å². The lowest BCUT2D eigenvalue weighted by Gasteiger charge is -2.29. The van der Waals surface area contributed by atoms with Crippen molar-refractivity contribution >= 4 is 28.7 Å². The van der Waals surface area contributed by atoms with Crippen LogP contribution in [0.25, 0.3) is 0 Å². The van der Waals surface area contributed by atoms with Gasteiger partial charge >= 0.3 is 0 Å². The molecular formula is C10H9ClO2S. The molecule has 0 amide bonds. The van der Waals surface area contributed by atoms with E-state index in [1.165, 1.54) is 23.7 Å². The van der Waals surface area contributed by atoms with E-state index in [0.29, 0.717) is 10.8 Å². The van der Waals surface area contributed by atoms with Gasteiger partial charge in [-0.05, 0) is 18.4 Å². The maximum atomic E-state index is 11.3. The third-order valence-electron chi connectivity index (χ3n) is 2.27. The van der Waals surface area contributed by atoms with Crippen molar-refractivity contribution in [3.63, 3.8) is 0 Å². The van der Waals surface area contributed by atoms with E-state index in [1.807, 2.05) is 18.4 Å². The minimum absolute atomic E-state index is 0.0843. The molecule has 1 atom stereocenters. The summed E-state index contributed by atoms with van der Waals surface area (Å²) in [5.41, 5.74) is 0.417. The summed E-state index contributed by atoms with van der Waals surface area (Å²) in [6.07, 6.45) is 3.28. The first-order chi connectivity index (χ1) is 6.60. The Bertz CT molecular complexity index is 397. The summed E-state index contributed by atoms with van der Waals surface area (Å²) in [5.74, 6) is 0.0843. The van der Waals surface area contributed by atoms with Crippen molar-refractivity contribution in [2.75, 3.05) is 0 Å². The number of hydrogen-bond donors (Lipinski definition) is 0. The van der Waals surface area contributed by atoms with Crippen LogP contribution in [0.2, 0.25) is 4.34 Å². The van der Waals surface area contributed by atoms with Crippen molar-refractivity contribution in [3.05, 3.63) is 33.7 Å². The first-order valence-corrected chi connectivity index (χ1v) is 5.48. The molecule has 1 aliphatic rings. The smallest absolute Gasteiger partial charge is 0.163 e. The van der Waals surface area contributed by atoms with Crippen LogP contribution in [0.4, 0.5) is 0 Å². The van der Waals surface area contributed by atoms with Crippen LogP contribution in [0.15, 0.2) is 23.8 Å². The SMILES string of the molecule is CC1(c2csc(Cl)c2)CC(=O)C=CO1. The number of carbonyl (C=O) groups is 1. The first kappa shape index (κ1) is 9.74. The van der Waals surface area contributed by atoms with Crippen LogP contribution in [-0.4, -0.2) is 5.78 Å². The number of ketones is 1. The molecule has 1 aromatic rings. The number of halogens is 1. The van der Waals surface area contributed by atoms with Crippen molar-refractivity contribution in [1.82, 2.24) is 0 Å². The molecule has 0 fully saturated rings. The van der Waals surface area contributed by atoms with Gasteiger partial charge in [-0.25, -0.2) is 0 Å². The van der Waals surface area contributed by atoms with E-state index in [1.54, 1.807) is 0 Å². The van der Waals surface area contributed by atoms with Crippen LogP contribution in [0, 0.1) is 0 Å². The van der Waals surface area contributed by atoms with Crippen molar-refractivity contribution in [3.8, 4) is 0 Å². The van der Waals surface area contributed by atoms with E-state index >= 15 is 0 Å². The zero-order chi connectivity index (χ0) is 10.2. The molecule has 0 aliphatic carbocycles. The molecule has 1 aromatic heterocycles. The summed E-state index contributed by atoms with van der Waals surface area (Å²) in [6, 6.07) is 1.85. The molecule has 0 radical (unpaired) electrons. The molecule has 2 nitrogen and oxygen atoms in total. The number of ether oxygens (including phenoxy) is 1. The molecule has 14 heavy (non-hydrogen) atoms. The van der Waals surface area contributed by atoms with Gasteiger partial charge in [-0.15, -0.1) is 11.3 Å². The quantitative estimate of drug-likeness (QED) is 0.738. The lowest BCUT2D eigenvalue weighted by Crippen LogP contribution is -2.29. The molecule has 0 saturated carbocycles. The first-order valence-electron chi connectivity index (χ1n) is 4.22. The monoisotopic (exact) mass is 228 g/mol. The molecule has 0 bridgehead atoms. The Hall–Kier alpha value is -0.800. The number of allylic oxidation sites excluding steroid dienone is 1. The summed E-state index contributed by atoms with van der Waals surface area (Å²) in [5, 5.41) is 1.93. The molecule has 0 aromatic carbocycles. The van der Waals surface area contributed by atoms with Crippen LogP contribution in [0.3, 0.4) is 0 Å². The van der Waals surface area contributed by atoms with Gasteiger partial charge in [-0.2, -0.15) is 0 Å². The lowest BCUT2D eigenvalue weighted by atomic mass is 9.91. The van der Waals surface area contributed by atoms with Crippen molar-refractivity contribution < 1.29 is 9.53 Å². The zero-order valence-electron chi connectivity index (χ0n) is 7.62. The van der Waals surface area contributed by atoms with Crippen LogP contribution in [0.5, 0.6) is 0 Å². The Morgan fingerprint density at radius 1 is 1.64 bits per heavy atom. The predicted molar refractivity (Wildman–Crippen MR) is 56.5 cm³/mol. The maximum absolute atomic E-state index is 11.3. The van der Waals surface area contributed by atoms with Gasteiger partial charge < -0.3 is 4.74 Å². The maximum Gasteiger partial charge on any atom is 0.163 e. The van der Waals surface area contributed by atoms with E-state index in [-0.39, 0.29) is 5.78 Å². The molecule has 2 rings (SSSR count). The summed E-state index contributed by atoms with van der Waals surface area (Å²) >= 11 is 7.29. The molecule has 1 unspecified atom stereocenters. The number of hydrogen-bond acceptors (Lipinski definition) is 3. The van der Waals surface area contributed by atoms with Gasteiger partial charge in [-0.1, -0.05) is 11.6 Å². The molecule has 0 spiro atoms. The van der Waals surface area contributed by atoms with Gasteiger partial charge in [-0.3, -0.25) is 4.79 Å². The van der Waals surface area contributed by atoms with E-state index < -0.39 is 5.60 Å². The van der Waals surface area contributed by atoms with Crippen LogP contribution in [0.1, 0.15) is 18.9 Å². The van der Waals surface area contributed by atoms with Crippen LogP contribution >= 0.6 is 22.9 Å². The highest BCUT2D eigenvalue weighted by Crippen LogP contribution is 2.36. The summed E-state index contributed by atoms with van der Waals surface area (Å²) in [4.78, 5) is 11.3. The fourth-order valence-corrected chi connectivity index (χ4v) is 2.45. The Labute approximate surface area is 91.1 Å². The van der Waals surface area contributed by atoms with Crippen molar-refractivity contribution in [2.24, 2.45) is 0 Å². The van der Waals surface area contributed by atoms with Crippen molar-refractivity contribution in [2.45, 2.75) is 18.9 Å². The minimum atomic E-state index is -0.546. The molecule has 74 valence electrons. The van der Waals surface area contributed by atoms with Gasteiger partial charge in [0.25, 0.3) is 0 Å². The van der Waals surface area contributed by atoms with Gasteiger partial charge in [0.2, 0.25) is 0 Å². The van der Waals surface area contributed by atoms with Crippen LogP contribution < -0.4 is 0 Å². The number of rotatable bonds is 1. The highest BCUT2D eigenvalue weighted by atomic mass is 35.5. The predicted octanol–water partition coefficient (Wildman–Crippen LogP) is 3.12. The average molecular weight is 229 g/mol. The lowest BCUT2D eigenvalue weighted by molar-refractivity contribution is -0.122. The van der Waals surface area contributed by atoms with E-state index in [0.717, 1.165) is 5.56 Å². The van der Waals surface area contributed by atoms with Gasteiger partial charge in [0, 0.05) is 11.6 Å². The highest BCUT2D eigenvalue weighted by Gasteiger charge is 2.33. The fourth-order valence-electron chi connectivity index (χ4n) is 1.45. The Morgan fingerprint density at radius 2 is 2.43 bits per heavy atom. The normalized spacial score (nSPS) is 26.3. The van der Waals surface area contributed by atoms with E-state index in [2.05, 4.69) is 0 Å². The molecule has 0 N–H and O–H groups in total. The molecule has 2 heterocycles. The topological polar surface area (TPSA) is 26.3 Å². The summed E-state index contributed by atoms with van der Waals surface area (Å²) in [6.45, 7) is 1.90. The van der Waals surface area contributed by atoms with Crippen molar-refractivity contribution in [1.29, 1.82) is 0 Å².